The van der Waals surface area contributed by atoms with E-state index in [1.165, 1.54) is 4.31 Å². The highest BCUT2D eigenvalue weighted by Gasteiger charge is 2.39. The average molecular weight is 440 g/mol. The summed E-state index contributed by atoms with van der Waals surface area (Å²) in [5.41, 5.74) is 1.80. The maximum atomic E-state index is 13.0. The van der Waals surface area contributed by atoms with Gasteiger partial charge in [0.2, 0.25) is 10.0 Å². The molecular formula is C19H20N8O3S. The van der Waals surface area contributed by atoms with E-state index in [0.29, 0.717) is 36.0 Å². The van der Waals surface area contributed by atoms with Gasteiger partial charge < -0.3 is 9.42 Å². The van der Waals surface area contributed by atoms with E-state index in [1.54, 1.807) is 37.8 Å². The summed E-state index contributed by atoms with van der Waals surface area (Å²) in [6.45, 7) is 4.26. The number of hydrogen-bond acceptors (Lipinski definition) is 9. The topological polar surface area (TPSA) is 123 Å². The Morgan fingerprint density at radius 3 is 2.65 bits per heavy atom. The van der Waals surface area contributed by atoms with Crippen LogP contribution in [0.3, 0.4) is 0 Å². The predicted molar refractivity (Wildman–Crippen MR) is 111 cm³/mol. The van der Waals surface area contributed by atoms with Crippen LogP contribution >= 0.6 is 0 Å². The summed E-state index contributed by atoms with van der Waals surface area (Å²) in [4.78, 5) is 6.27. The molecule has 5 heterocycles. The molecule has 1 aliphatic heterocycles. The fourth-order valence-corrected chi connectivity index (χ4v) is 5.30. The molecule has 160 valence electrons. The lowest BCUT2D eigenvalue weighted by molar-refractivity contribution is 0.308. The van der Waals surface area contributed by atoms with Crippen LogP contribution in [0.1, 0.15) is 11.5 Å². The first kappa shape index (κ1) is 19.6. The van der Waals surface area contributed by atoms with Gasteiger partial charge in [0.15, 0.2) is 17.2 Å². The third kappa shape index (κ3) is 3.15. The molecule has 11 nitrogen and oxygen atoms in total. The van der Waals surface area contributed by atoms with Crippen LogP contribution in [0, 0.1) is 13.8 Å². The highest BCUT2D eigenvalue weighted by Crippen LogP contribution is 2.29. The van der Waals surface area contributed by atoms with Crippen molar-refractivity contribution in [2.75, 3.05) is 25.0 Å². The first-order chi connectivity index (χ1) is 14.9. The van der Waals surface area contributed by atoms with Crippen molar-refractivity contribution in [3.8, 4) is 11.4 Å². The molecule has 1 aliphatic rings. The van der Waals surface area contributed by atoms with Crippen molar-refractivity contribution in [1.82, 2.24) is 34.3 Å². The Labute approximate surface area is 178 Å². The van der Waals surface area contributed by atoms with Crippen LogP contribution < -0.4 is 4.90 Å². The number of fused-ring (bicyclic) bond motifs is 1. The quantitative estimate of drug-likeness (QED) is 0.452. The Hall–Kier alpha value is -3.38. The van der Waals surface area contributed by atoms with Crippen molar-refractivity contribution in [2.45, 2.75) is 24.8 Å². The van der Waals surface area contributed by atoms with Crippen molar-refractivity contribution in [2.24, 2.45) is 0 Å². The first-order valence-corrected chi connectivity index (χ1v) is 11.1. The molecule has 0 N–H and O–H groups in total. The maximum Gasteiger partial charge on any atom is 0.248 e. The van der Waals surface area contributed by atoms with E-state index in [1.807, 2.05) is 29.2 Å². The summed E-state index contributed by atoms with van der Waals surface area (Å²) in [6, 6.07) is 7.24. The summed E-state index contributed by atoms with van der Waals surface area (Å²) in [6.07, 6.45) is 3.40. The van der Waals surface area contributed by atoms with E-state index in [0.717, 1.165) is 11.4 Å². The molecule has 31 heavy (non-hydrogen) atoms. The van der Waals surface area contributed by atoms with E-state index in [-0.39, 0.29) is 10.9 Å². The minimum absolute atomic E-state index is 0.138. The molecule has 1 saturated heterocycles. The number of nitrogens with zero attached hydrogens (tertiary/aromatic N) is 8. The van der Waals surface area contributed by atoms with Gasteiger partial charge in [-0.3, -0.25) is 4.98 Å². The lowest BCUT2D eigenvalue weighted by Crippen LogP contribution is -2.60. The normalized spacial score (nSPS) is 15.0. The zero-order valence-electron chi connectivity index (χ0n) is 17.2. The fraction of sp³-hybridized carbons (Fsp3) is 0.316. The van der Waals surface area contributed by atoms with Gasteiger partial charge in [0, 0.05) is 38.1 Å². The van der Waals surface area contributed by atoms with Crippen LogP contribution in [-0.4, -0.2) is 68.9 Å². The number of likely N-dealkylation sites (N-methyl/N-ethyl adjacent to an activating group) is 1. The van der Waals surface area contributed by atoms with Crippen LogP contribution in [0.5, 0.6) is 0 Å². The summed E-state index contributed by atoms with van der Waals surface area (Å²) in [5.74, 6) is 1.61. The molecule has 0 unspecified atom stereocenters. The number of aromatic nitrogens is 6. The van der Waals surface area contributed by atoms with E-state index in [9.17, 15) is 8.42 Å². The van der Waals surface area contributed by atoms with Gasteiger partial charge in [0.25, 0.3) is 0 Å². The molecule has 0 saturated carbocycles. The largest absolute Gasteiger partial charge is 0.360 e. The standard InChI is InChI=1S/C19H20N8O3S/c1-12-18(13(2)30-24-12)31(28,29)25(3)15-10-26(11-15)17-7-6-16-21-22-19(27(16)23-17)14-5-4-8-20-9-14/h4-9,15H,10-11H2,1-3H3. The number of anilines is 1. The average Bonchev–Trinajstić information content (AvgIpc) is 3.30. The number of hydrogen-bond donors (Lipinski definition) is 0. The lowest BCUT2D eigenvalue weighted by Gasteiger charge is -2.43. The molecule has 0 atom stereocenters. The van der Waals surface area contributed by atoms with Crippen molar-refractivity contribution >= 4 is 21.5 Å². The van der Waals surface area contributed by atoms with Gasteiger partial charge in [-0.05, 0) is 38.1 Å². The molecule has 4 aromatic heterocycles. The SMILES string of the molecule is Cc1noc(C)c1S(=O)(=O)N(C)C1CN(c2ccc3nnc(-c4cccnc4)n3n2)C1. The van der Waals surface area contributed by atoms with Crippen LogP contribution in [0.2, 0.25) is 0 Å². The molecule has 0 aromatic carbocycles. The fourth-order valence-electron chi connectivity index (χ4n) is 3.68. The zero-order valence-corrected chi connectivity index (χ0v) is 18.0. The van der Waals surface area contributed by atoms with Gasteiger partial charge >= 0.3 is 0 Å². The maximum absolute atomic E-state index is 13.0. The summed E-state index contributed by atoms with van der Waals surface area (Å²) in [7, 11) is -2.11. The van der Waals surface area contributed by atoms with Crippen LogP contribution in [0.4, 0.5) is 5.82 Å². The minimum atomic E-state index is -3.69. The molecule has 5 rings (SSSR count). The molecule has 4 aromatic rings. The smallest absolute Gasteiger partial charge is 0.248 e. The Morgan fingerprint density at radius 2 is 1.97 bits per heavy atom. The Bertz CT molecular complexity index is 1340. The molecule has 0 amide bonds. The Morgan fingerprint density at radius 1 is 1.16 bits per heavy atom. The molecular weight excluding hydrogens is 420 g/mol. The number of sulfonamides is 1. The highest BCUT2D eigenvalue weighted by atomic mass is 32.2. The summed E-state index contributed by atoms with van der Waals surface area (Å²) >= 11 is 0. The van der Waals surface area contributed by atoms with Crippen LogP contribution in [-0.2, 0) is 10.0 Å². The van der Waals surface area contributed by atoms with Crippen LogP contribution in [0.15, 0.2) is 46.1 Å². The molecule has 0 aliphatic carbocycles. The van der Waals surface area contributed by atoms with Crippen molar-refractivity contribution < 1.29 is 12.9 Å². The summed E-state index contributed by atoms with van der Waals surface area (Å²) < 4.78 is 34.1. The Balaban J connectivity index is 1.37. The third-order valence-corrected chi connectivity index (χ3v) is 7.63. The second kappa shape index (κ2) is 7.10. The van der Waals surface area contributed by atoms with Crippen LogP contribution in [0.25, 0.3) is 17.0 Å². The van der Waals surface area contributed by atoms with Crippen molar-refractivity contribution in [1.29, 1.82) is 0 Å². The van der Waals surface area contributed by atoms with Crippen molar-refractivity contribution in [3.63, 3.8) is 0 Å². The molecule has 12 heteroatoms. The van der Waals surface area contributed by atoms with Gasteiger partial charge in [-0.2, -0.15) is 8.82 Å². The van der Waals surface area contributed by atoms with E-state index < -0.39 is 10.0 Å². The van der Waals surface area contributed by atoms with Gasteiger partial charge in [-0.25, -0.2) is 8.42 Å². The Kier molecular flexibility index (Phi) is 4.48. The highest BCUT2D eigenvalue weighted by molar-refractivity contribution is 7.89. The van der Waals surface area contributed by atoms with E-state index >= 15 is 0 Å². The second-order valence-electron chi connectivity index (χ2n) is 7.46. The van der Waals surface area contributed by atoms with Gasteiger partial charge in [-0.1, -0.05) is 5.16 Å². The number of rotatable bonds is 5. The summed E-state index contributed by atoms with van der Waals surface area (Å²) in [5, 5.41) is 16.8. The minimum Gasteiger partial charge on any atom is -0.360 e. The molecule has 0 spiro atoms. The zero-order chi connectivity index (χ0) is 21.8. The lowest BCUT2D eigenvalue weighted by atomic mass is 10.1. The van der Waals surface area contributed by atoms with Gasteiger partial charge in [-0.15, -0.1) is 15.3 Å². The van der Waals surface area contributed by atoms with E-state index in [2.05, 4.69) is 25.4 Å². The van der Waals surface area contributed by atoms with Gasteiger partial charge in [0.05, 0.1) is 6.04 Å². The second-order valence-corrected chi connectivity index (χ2v) is 9.39. The van der Waals surface area contributed by atoms with Gasteiger partial charge in [0.1, 0.15) is 16.4 Å². The monoisotopic (exact) mass is 440 g/mol. The molecule has 0 bridgehead atoms. The third-order valence-electron chi connectivity index (χ3n) is 5.47. The molecule has 0 radical (unpaired) electrons. The van der Waals surface area contributed by atoms with Crippen molar-refractivity contribution in [3.05, 3.63) is 48.1 Å². The predicted octanol–water partition coefficient (Wildman–Crippen LogP) is 1.30. The van der Waals surface area contributed by atoms with E-state index in [4.69, 9.17) is 4.52 Å². The molecule has 1 fully saturated rings. The number of pyridine rings is 1. The number of aryl methyl sites for hydroxylation is 2. The first-order valence-electron chi connectivity index (χ1n) is 9.65.